The normalized spacial score (nSPS) is 20.9. The first kappa shape index (κ1) is 11.6. The molecule has 0 amide bonds. The number of hydrogen-bond acceptors (Lipinski definition) is 2. The Morgan fingerprint density at radius 3 is 2.50 bits per heavy atom. The van der Waals surface area contributed by atoms with Gasteiger partial charge in [0.1, 0.15) is 0 Å². The van der Waals surface area contributed by atoms with Crippen molar-refractivity contribution in [2.75, 3.05) is 20.1 Å². The van der Waals surface area contributed by atoms with Crippen molar-refractivity contribution in [2.24, 2.45) is 5.73 Å². The first-order valence-corrected chi connectivity index (χ1v) is 6.11. The number of hydrogen-bond donors (Lipinski definition) is 1. The maximum absolute atomic E-state index is 6.50. The van der Waals surface area contributed by atoms with Crippen LogP contribution in [0.2, 0.25) is 0 Å². The van der Waals surface area contributed by atoms with E-state index in [0.29, 0.717) is 0 Å². The van der Waals surface area contributed by atoms with Crippen LogP contribution in [0.25, 0.3) is 0 Å². The fourth-order valence-corrected chi connectivity index (χ4v) is 2.43. The minimum absolute atomic E-state index is 0.0125. The van der Waals surface area contributed by atoms with E-state index in [2.05, 4.69) is 43.1 Å². The van der Waals surface area contributed by atoms with E-state index in [4.69, 9.17) is 5.73 Å². The second kappa shape index (κ2) is 4.56. The Balaban J connectivity index is 2.07. The molecule has 88 valence electrons. The van der Waals surface area contributed by atoms with Gasteiger partial charge < -0.3 is 10.6 Å². The van der Waals surface area contributed by atoms with Crippen molar-refractivity contribution in [3.8, 4) is 0 Å². The van der Waals surface area contributed by atoms with Crippen LogP contribution in [0.3, 0.4) is 0 Å². The van der Waals surface area contributed by atoms with Crippen molar-refractivity contribution in [3.05, 3.63) is 35.4 Å². The lowest BCUT2D eigenvalue weighted by Crippen LogP contribution is -2.50. The van der Waals surface area contributed by atoms with Gasteiger partial charge in [-0.15, -0.1) is 0 Å². The van der Waals surface area contributed by atoms with Gasteiger partial charge in [0.25, 0.3) is 0 Å². The first-order chi connectivity index (χ1) is 7.59. The van der Waals surface area contributed by atoms with Crippen LogP contribution in [0.5, 0.6) is 0 Å². The number of likely N-dealkylation sites (tertiary alicyclic amines) is 1. The largest absolute Gasteiger partial charge is 0.325 e. The van der Waals surface area contributed by atoms with Crippen LogP contribution in [0.15, 0.2) is 24.3 Å². The molecule has 2 rings (SSSR count). The van der Waals surface area contributed by atoms with Crippen LogP contribution in [0.4, 0.5) is 0 Å². The topological polar surface area (TPSA) is 29.3 Å². The Hall–Kier alpha value is -0.860. The predicted octanol–water partition coefficient (Wildman–Crippen LogP) is 1.96. The molecule has 1 aliphatic heterocycles. The van der Waals surface area contributed by atoms with E-state index in [1.807, 2.05) is 0 Å². The lowest BCUT2D eigenvalue weighted by molar-refractivity contribution is 0.190. The molecule has 1 fully saturated rings. The molecular weight excluding hydrogens is 196 g/mol. The molecule has 0 aliphatic carbocycles. The standard InChI is InChI=1S/C14H22N2/c1-12-5-3-4-6-13(12)11-14(15)7-9-16(2)10-8-14/h3-6H,7-11,15H2,1-2H3. The van der Waals surface area contributed by atoms with Crippen LogP contribution in [0.1, 0.15) is 24.0 Å². The van der Waals surface area contributed by atoms with Crippen LogP contribution >= 0.6 is 0 Å². The molecule has 2 heteroatoms. The lowest BCUT2D eigenvalue weighted by Gasteiger charge is -2.38. The van der Waals surface area contributed by atoms with Crippen LogP contribution in [-0.4, -0.2) is 30.6 Å². The molecule has 1 aliphatic rings. The molecule has 16 heavy (non-hydrogen) atoms. The molecule has 1 heterocycles. The molecule has 0 unspecified atom stereocenters. The van der Waals surface area contributed by atoms with Gasteiger partial charge in [-0.1, -0.05) is 24.3 Å². The summed E-state index contributed by atoms with van der Waals surface area (Å²) in [6.45, 7) is 4.43. The fraction of sp³-hybridized carbons (Fsp3) is 0.571. The van der Waals surface area contributed by atoms with E-state index in [1.54, 1.807) is 0 Å². The number of piperidine rings is 1. The maximum atomic E-state index is 6.50. The van der Waals surface area contributed by atoms with Crippen molar-refractivity contribution < 1.29 is 0 Å². The maximum Gasteiger partial charge on any atom is 0.0219 e. The van der Waals surface area contributed by atoms with Gasteiger partial charge in [0.2, 0.25) is 0 Å². The van der Waals surface area contributed by atoms with Gasteiger partial charge in [-0.05, 0) is 57.5 Å². The molecule has 0 radical (unpaired) electrons. The molecule has 2 nitrogen and oxygen atoms in total. The highest BCUT2D eigenvalue weighted by molar-refractivity contribution is 5.27. The summed E-state index contributed by atoms with van der Waals surface area (Å²) in [5, 5.41) is 0. The molecule has 0 saturated carbocycles. The molecule has 0 spiro atoms. The van der Waals surface area contributed by atoms with Crippen molar-refractivity contribution in [1.29, 1.82) is 0 Å². The lowest BCUT2D eigenvalue weighted by atomic mass is 9.82. The molecule has 0 aromatic heterocycles. The smallest absolute Gasteiger partial charge is 0.0219 e. The van der Waals surface area contributed by atoms with Gasteiger partial charge >= 0.3 is 0 Å². The second-order valence-corrected chi connectivity index (χ2v) is 5.27. The van der Waals surface area contributed by atoms with Crippen molar-refractivity contribution >= 4 is 0 Å². The molecule has 1 saturated heterocycles. The van der Waals surface area contributed by atoms with E-state index < -0.39 is 0 Å². The number of rotatable bonds is 2. The Bertz CT molecular complexity index is 352. The van der Waals surface area contributed by atoms with Gasteiger partial charge in [0.15, 0.2) is 0 Å². The highest BCUT2D eigenvalue weighted by Gasteiger charge is 2.29. The van der Waals surface area contributed by atoms with Gasteiger partial charge in [-0.2, -0.15) is 0 Å². The fourth-order valence-electron chi connectivity index (χ4n) is 2.43. The van der Waals surface area contributed by atoms with E-state index in [0.717, 1.165) is 32.4 Å². The van der Waals surface area contributed by atoms with E-state index in [1.165, 1.54) is 11.1 Å². The molecule has 1 aromatic rings. The average Bonchev–Trinajstić information content (AvgIpc) is 2.27. The number of nitrogens with zero attached hydrogens (tertiary/aromatic N) is 1. The monoisotopic (exact) mass is 218 g/mol. The van der Waals surface area contributed by atoms with Crippen LogP contribution < -0.4 is 5.73 Å². The zero-order valence-electron chi connectivity index (χ0n) is 10.4. The predicted molar refractivity (Wildman–Crippen MR) is 68.5 cm³/mol. The van der Waals surface area contributed by atoms with Crippen LogP contribution in [-0.2, 0) is 6.42 Å². The average molecular weight is 218 g/mol. The van der Waals surface area contributed by atoms with Crippen molar-refractivity contribution in [1.82, 2.24) is 4.90 Å². The molecule has 0 atom stereocenters. The zero-order valence-corrected chi connectivity index (χ0v) is 10.4. The van der Waals surface area contributed by atoms with Gasteiger partial charge in [-0.3, -0.25) is 0 Å². The van der Waals surface area contributed by atoms with Crippen molar-refractivity contribution in [3.63, 3.8) is 0 Å². The number of nitrogens with two attached hydrogens (primary N) is 1. The number of benzene rings is 1. The van der Waals surface area contributed by atoms with Crippen LogP contribution in [0, 0.1) is 6.92 Å². The highest BCUT2D eigenvalue weighted by atomic mass is 15.1. The minimum Gasteiger partial charge on any atom is -0.325 e. The highest BCUT2D eigenvalue weighted by Crippen LogP contribution is 2.24. The zero-order chi connectivity index (χ0) is 11.6. The first-order valence-electron chi connectivity index (χ1n) is 6.11. The third-order valence-corrected chi connectivity index (χ3v) is 3.79. The summed E-state index contributed by atoms with van der Waals surface area (Å²) in [6, 6.07) is 8.59. The molecular formula is C14H22N2. The Labute approximate surface area is 98.4 Å². The summed E-state index contributed by atoms with van der Waals surface area (Å²) < 4.78 is 0. The number of aryl methyl sites for hydroxylation is 1. The summed E-state index contributed by atoms with van der Waals surface area (Å²) in [6.07, 6.45) is 3.24. The van der Waals surface area contributed by atoms with Crippen molar-refractivity contribution in [2.45, 2.75) is 31.7 Å². The minimum atomic E-state index is 0.0125. The van der Waals surface area contributed by atoms with Gasteiger partial charge in [0, 0.05) is 5.54 Å². The Morgan fingerprint density at radius 1 is 1.25 bits per heavy atom. The summed E-state index contributed by atoms with van der Waals surface area (Å²) in [7, 11) is 2.17. The molecule has 2 N–H and O–H groups in total. The summed E-state index contributed by atoms with van der Waals surface area (Å²) in [5.41, 5.74) is 9.29. The van der Waals surface area contributed by atoms with E-state index >= 15 is 0 Å². The third kappa shape index (κ3) is 2.63. The summed E-state index contributed by atoms with van der Waals surface area (Å²) in [5.74, 6) is 0. The quantitative estimate of drug-likeness (QED) is 0.822. The Morgan fingerprint density at radius 2 is 1.88 bits per heavy atom. The second-order valence-electron chi connectivity index (χ2n) is 5.27. The summed E-state index contributed by atoms with van der Waals surface area (Å²) >= 11 is 0. The molecule has 0 bridgehead atoms. The van der Waals surface area contributed by atoms with Gasteiger partial charge in [-0.25, -0.2) is 0 Å². The SMILES string of the molecule is Cc1ccccc1CC1(N)CCN(C)CC1. The van der Waals surface area contributed by atoms with E-state index in [9.17, 15) is 0 Å². The summed E-state index contributed by atoms with van der Waals surface area (Å²) in [4.78, 5) is 2.36. The molecule has 1 aromatic carbocycles. The Kier molecular flexibility index (Phi) is 3.31. The van der Waals surface area contributed by atoms with E-state index in [-0.39, 0.29) is 5.54 Å². The third-order valence-electron chi connectivity index (χ3n) is 3.79. The van der Waals surface area contributed by atoms with Gasteiger partial charge in [0.05, 0.1) is 0 Å².